The number of ketones is 1. The standard InChI is InChI=1S/C42H47BrO8/c1-13-29-28(11)33(40(48)51-38-26(9)24(7)34(39(46)47)25(8)27(38)10)19(2)17-31(29)50-41(49)35-23(6)22(5)30(36(43)37(35)45)18-32(44)42(12)20(3)15-14-16-21(42)4/h15-17,45H,13-14,18H2,1-12H3,(H,46,47). The van der Waals surface area contributed by atoms with Gasteiger partial charge in [0, 0.05) is 6.42 Å². The number of phenolic OH excluding ortho intramolecular Hbond substituents is 1. The van der Waals surface area contributed by atoms with Crippen molar-refractivity contribution in [1.82, 2.24) is 0 Å². The molecule has 3 aromatic rings. The number of phenols is 1. The first kappa shape index (κ1) is 39.3. The third kappa shape index (κ3) is 6.68. The number of ether oxygens (including phenoxy) is 2. The van der Waals surface area contributed by atoms with Crippen molar-refractivity contribution in [2.45, 2.75) is 102 Å². The predicted octanol–water partition coefficient (Wildman–Crippen LogP) is 9.74. The van der Waals surface area contributed by atoms with Crippen LogP contribution in [-0.2, 0) is 17.6 Å². The Balaban J connectivity index is 1.69. The average Bonchev–Trinajstić information content (AvgIpc) is 3.05. The molecule has 0 aromatic heterocycles. The van der Waals surface area contributed by atoms with E-state index >= 15 is 0 Å². The Hall–Kier alpha value is -4.50. The molecule has 0 aliphatic heterocycles. The number of halogens is 1. The lowest BCUT2D eigenvalue weighted by Crippen LogP contribution is -2.33. The maximum atomic E-state index is 13.8. The number of aromatic hydroxyl groups is 1. The molecule has 270 valence electrons. The van der Waals surface area contributed by atoms with Crippen molar-refractivity contribution < 1.29 is 38.9 Å². The lowest BCUT2D eigenvalue weighted by atomic mass is 9.69. The van der Waals surface area contributed by atoms with Crippen molar-refractivity contribution in [3.63, 3.8) is 0 Å². The first-order chi connectivity index (χ1) is 23.7. The van der Waals surface area contributed by atoms with Crippen LogP contribution < -0.4 is 9.47 Å². The van der Waals surface area contributed by atoms with Gasteiger partial charge in [-0.2, -0.15) is 0 Å². The molecule has 9 heteroatoms. The maximum Gasteiger partial charge on any atom is 0.347 e. The van der Waals surface area contributed by atoms with Crippen LogP contribution in [-0.4, -0.2) is 33.9 Å². The number of Topliss-reactive ketones (excluding diaryl/α,β-unsaturated/α-hetero) is 1. The zero-order valence-electron chi connectivity index (χ0n) is 31.6. The molecule has 0 radical (unpaired) electrons. The summed E-state index contributed by atoms with van der Waals surface area (Å²) in [5, 5.41) is 21.1. The van der Waals surface area contributed by atoms with Crippen LogP contribution >= 0.6 is 15.9 Å². The minimum Gasteiger partial charge on any atom is -0.506 e. The van der Waals surface area contributed by atoms with Gasteiger partial charge in [0.1, 0.15) is 22.8 Å². The van der Waals surface area contributed by atoms with Gasteiger partial charge >= 0.3 is 17.9 Å². The number of carbonyl (C=O) groups is 4. The highest BCUT2D eigenvalue weighted by molar-refractivity contribution is 9.10. The topological polar surface area (TPSA) is 127 Å². The lowest BCUT2D eigenvalue weighted by Gasteiger charge is -2.33. The van der Waals surface area contributed by atoms with E-state index in [1.807, 2.05) is 34.6 Å². The first-order valence-electron chi connectivity index (χ1n) is 17.0. The van der Waals surface area contributed by atoms with E-state index in [0.717, 1.165) is 17.6 Å². The van der Waals surface area contributed by atoms with Crippen molar-refractivity contribution >= 4 is 39.6 Å². The molecule has 0 heterocycles. The van der Waals surface area contributed by atoms with Gasteiger partial charge in [-0.25, -0.2) is 14.4 Å². The van der Waals surface area contributed by atoms with Gasteiger partial charge in [0.2, 0.25) is 0 Å². The third-order valence-corrected chi connectivity index (χ3v) is 12.1. The summed E-state index contributed by atoms with van der Waals surface area (Å²) in [5.74, 6) is -2.18. The van der Waals surface area contributed by atoms with E-state index in [0.29, 0.717) is 73.4 Å². The number of esters is 2. The number of benzene rings is 3. The minimum absolute atomic E-state index is 0.00681. The number of carboxylic acid groups (broad SMARTS) is 1. The van der Waals surface area contributed by atoms with Crippen LogP contribution in [0.3, 0.4) is 0 Å². The summed E-state index contributed by atoms with van der Waals surface area (Å²) >= 11 is 3.48. The number of aryl methyl sites for hydroxylation is 1. The van der Waals surface area contributed by atoms with Crippen LogP contribution in [0, 0.1) is 60.8 Å². The number of hydrogen-bond acceptors (Lipinski definition) is 7. The summed E-state index contributed by atoms with van der Waals surface area (Å²) in [6, 6.07) is 1.61. The molecule has 51 heavy (non-hydrogen) atoms. The molecule has 0 amide bonds. The quantitative estimate of drug-likeness (QED) is 0.125. The van der Waals surface area contributed by atoms with Gasteiger partial charge < -0.3 is 19.7 Å². The summed E-state index contributed by atoms with van der Waals surface area (Å²) in [6.07, 6.45) is 5.38. The molecule has 0 saturated heterocycles. The number of aromatic carboxylic acids is 1. The van der Waals surface area contributed by atoms with Crippen molar-refractivity contribution in [2.75, 3.05) is 0 Å². The number of rotatable bonds is 9. The second-order valence-corrected chi connectivity index (χ2v) is 14.6. The second kappa shape index (κ2) is 14.6. The van der Waals surface area contributed by atoms with E-state index in [1.165, 1.54) is 0 Å². The average molecular weight is 760 g/mol. The molecule has 2 N–H and O–H groups in total. The van der Waals surface area contributed by atoms with Crippen molar-refractivity contribution in [3.05, 3.63) is 106 Å². The Bertz CT molecular complexity index is 2020. The van der Waals surface area contributed by atoms with Crippen molar-refractivity contribution in [2.24, 2.45) is 5.41 Å². The molecule has 0 bridgehead atoms. The number of hydrogen-bond donors (Lipinski definition) is 2. The van der Waals surface area contributed by atoms with E-state index in [1.54, 1.807) is 54.5 Å². The minimum atomic E-state index is -1.04. The van der Waals surface area contributed by atoms with E-state index in [9.17, 15) is 29.4 Å². The van der Waals surface area contributed by atoms with Gasteiger partial charge in [-0.05, 0) is 167 Å². The van der Waals surface area contributed by atoms with Crippen LogP contribution in [0.5, 0.6) is 17.2 Å². The van der Waals surface area contributed by atoms with Gasteiger partial charge in [0.05, 0.1) is 21.0 Å². The number of carbonyl (C=O) groups excluding carboxylic acids is 3. The Morgan fingerprint density at radius 2 is 1.24 bits per heavy atom. The Morgan fingerprint density at radius 1 is 0.725 bits per heavy atom. The van der Waals surface area contributed by atoms with Crippen LogP contribution in [0.2, 0.25) is 0 Å². The Kier molecular flexibility index (Phi) is 11.3. The fourth-order valence-electron chi connectivity index (χ4n) is 7.26. The van der Waals surface area contributed by atoms with Gasteiger partial charge in [-0.15, -0.1) is 0 Å². The zero-order valence-corrected chi connectivity index (χ0v) is 33.2. The van der Waals surface area contributed by atoms with Crippen LogP contribution in [0.4, 0.5) is 0 Å². The summed E-state index contributed by atoms with van der Waals surface area (Å²) < 4.78 is 12.2. The summed E-state index contributed by atoms with van der Waals surface area (Å²) in [7, 11) is 0. The SMILES string of the molecule is CCc1c(OC(=O)c2c(C)c(C)c(CC(=O)C3(C)C(C)=CCC=C3C)c(Br)c2O)cc(C)c(C(=O)Oc2c(C)c(C)c(C(=O)O)c(C)c2C)c1C. The van der Waals surface area contributed by atoms with E-state index < -0.39 is 23.3 Å². The normalized spacial score (nSPS) is 13.7. The highest BCUT2D eigenvalue weighted by Gasteiger charge is 2.38. The molecule has 8 nitrogen and oxygen atoms in total. The molecule has 0 fully saturated rings. The van der Waals surface area contributed by atoms with Gasteiger partial charge in [-0.1, -0.05) is 30.2 Å². The molecule has 0 unspecified atom stereocenters. The molecule has 4 rings (SSSR count). The third-order valence-electron chi connectivity index (χ3n) is 11.2. The molecule has 0 saturated carbocycles. The maximum absolute atomic E-state index is 13.8. The lowest BCUT2D eigenvalue weighted by molar-refractivity contribution is -0.124. The van der Waals surface area contributed by atoms with Gasteiger partial charge in [0.15, 0.2) is 5.78 Å². The molecule has 1 aliphatic carbocycles. The molecule has 1 aliphatic rings. The molecule has 0 atom stereocenters. The Labute approximate surface area is 308 Å². The predicted molar refractivity (Wildman–Crippen MR) is 202 cm³/mol. The highest BCUT2D eigenvalue weighted by Crippen LogP contribution is 2.43. The van der Waals surface area contributed by atoms with Crippen molar-refractivity contribution in [3.8, 4) is 17.2 Å². The highest BCUT2D eigenvalue weighted by atomic mass is 79.9. The fourth-order valence-corrected chi connectivity index (χ4v) is 7.89. The number of carboxylic acids is 1. The monoisotopic (exact) mass is 758 g/mol. The van der Waals surface area contributed by atoms with Gasteiger partial charge in [0.25, 0.3) is 0 Å². The molecular formula is C42H47BrO8. The molecule has 0 spiro atoms. The smallest absolute Gasteiger partial charge is 0.347 e. The van der Waals surface area contributed by atoms with Crippen LogP contribution in [0.25, 0.3) is 0 Å². The summed E-state index contributed by atoms with van der Waals surface area (Å²) in [6.45, 7) is 21.6. The largest absolute Gasteiger partial charge is 0.506 e. The van der Waals surface area contributed by atoms with Crippen LogP contribution in [0.15, 0.2) is 33.8 Å². The molecule has 3 aromatic carbocycles. The second-order valence-electron chi connectivity index (χ2n) is 13.8. The summed E-state index contributed by atoms with van der Waals surface area (Å²) in [4.78, 5) is 53.2. The number of allylic oxidation sites excluding steroid dienone is 4. The molecular weight excluding hydrogens is 712 g/mol. The van der Waals surface area contributed by atoms with E-state index in [2.05, 4.69) is 28.1 Å². The van der Waals surface area contributed by atoms with Gasteiger partial charge in [-0.3, -0.25) is 4.79 Å². The Morgan fingerprint density at radius 3 is 1.75 bits per heavy atom. The summed E-state index contributed by atoms with van der Waals surface area (Å²) in [5.41, 5.74) is 7.39. The zero-order chi connectivity index (χ0) is 38.4. The van der Waals surface area contributed by atoms with Crippen molar-refractivity contribution in [1.29, 1.82) is 0 Å². The van der Waals surface area contributed by atoms with E-state index in [-0.39, 0.29) is 39.3 Å². The van der Waals surface area contributed by atoms with E-state index in [4.69, 9.17) is 9.47 Å². The first-order valence-corrected chi connectivity index (χ1v) is 17.8. The fraction of sp³-hybridized carbons (Fsp3) is 0.381. The van der Waals surface area contributed by atoms with Crippen LogP contribution in [0.1, 0.15) is 121 Å².